The van der Waals surface area contributed by atoms with Gasteiger partial charge in [0.2, 0.25) is 0 Å². The van der Waals surface area contributed by atoms with Crippen molar-refractivity contribution in [3.63, 3.8) is 0 Å². The van der Waals surface area contributed by atoms with Crippen molar-refractivity contribution < 1.29 is 19.2 Å². The standard InChI is InChI=1S/C11H14N2O5/c1-17-10-7-8(3-4-9(10)13(15)16)12-6-5-11(14)18-2/h3-4,7,12H,5-6H2,1-2H3. The van der Waals surface area contributed by atoms with Gasteiger partial charge in [0.25, 0.3) is 0 Å². The van der Waals surface area contributed by atoms with Crippen LogP contribution >= 0.6 is 0 Å². The van der Waals surface area contributed by atoms with Crippen molar-refractivity contribution in [3.8, 4) is 5.75 Å². The number of esters is 1. The maximum atomic E-state index is 10.9. The predicted octanol–water partition coefficient (Wildman–Crippen LogP) is 1.58. The van der Waals surface area contributed by atoms with Crippen molar-refractivity contribution in [1.82, 2.24) is 0 Å². The number of nitro benzene ring substituents is 1. The molecule has 7 heteroatoms. The summed E-state index contributed by atoms with van der Waals surface area (Å²) in [5.41, 5.74) is 0.539. The number of hydrogen-bond donors (Lipinski definition) is 1. The maximum Gasteiger partial charge on any atom is 0.311 e. The SMILES string of the molecule is COC(=O)CCNc1ccc([N+](=O)[O-])c(OC)c1. The number of anilines is 1. The van der Waals surface area contributed by atoms with Gasteiger partial charge in [0.15, 0.2) is 5.75 Å². The number of nitrogens with zero attached hydrogens (tertiary/aromatic N) is 1. The summed E-state index contributed by atoms with van der Waals surface area (Å²) in [7, 11) is 2.68. The second-order valence-corrected chi connectivity index (χ2v) is 3.40. The van der Waals surface area contributed by atoms with Crippen molar-refractivity contribution >= 4 is 17.3 Å². The molecule has 0 fully saturated rings. The third-order valence-electron chi connectivity index (χ3n) is 2.26. The highest BCUT2D eigenvalue weighted by Crippen LogP contribution is 2.29. The fourth-order valence-corrected chi connectivity index (χ4v) is 1.35. The largest absolute Gasteiger partial charge is 0.490 e. The van der Waals surface area contributed by atoms with Crippen molar-refractivity contribution in [2.45, 2.75) is 6.42 Å². The number of methoxy groups -OCH3 is 2. The molecule has 0 amide bonds. The summed E-state index contributed by atoms with van der Waals surface area (Å²) in [6, 6.07) is 4.41. The van der Waals surface area contributed by atoms with E-state index in [0.29, 0.717) is 12.2 Å². The molecule has 0 saturated heterocycles. The molecule has 1 aromatic carbocycles. The van der Waals surface area contributed by atoms with Crippen LogP contribution in [-0.2, 0) is 9.53 Å². The van der Waals surface area contributed by atoms with E-state index in [1.165, 1.54) is 26.4 Å². The zero-order valence-electron chi connectivity index (χ0n) is 10.1. The molecule has 98 valence electrons. The number of carbonyl (C=O) groups is 1. The third kappa shape index (κ3) is 3.62. The summed E-state index contributed by atoms with van der Waals surface area (Å²) in [4.78, 5) is 21.1. The molecule has 0 aromatic heterocycles. The van der Waals surface area contributed by atoms with Crippen molar-refractivity contribution in [2.24, 2.45) is 0 Å². The number of nitro groups is 1. The number of carbonyl (C=O) groups excluding carboxylic acids is 1. The molecule has 1 rings (SSSR count). The molecule has 7 nitrogen and oxygen atoms in total. The molecular weight excluding hydrogens is 240 g/mol. The molecule has 0 aliphatic rings. The van der Waals surface area contributed by atoms with E-state index in [2.05, 4.69) is 10.1 Å². The highest BCUT2D eigenvalue weighted by Gasteiger charge is 2.14. The van der Waals surface area contributed by atoms with Crippen LogP contribution in [-0.4, -0.2) is 31.7 Å². The quantitative estimate of drug-likeness (QED) is 0.471. The Hall–Kier alpha value is -2.31. The lowest BCUT2D eigenvalue weighted by molar-refractivity contribution is -0.385. The van der Waals surface area contributed by atoms with Crippen LogP contribution in [0.4, 0.5) is 11.4 Å². The van der Waals surface area contributed by atoms with E-state index in [4.69, 9.17) is 4.74 Å². The lowest BCUT2D eigenvalue weighted by Gasteiger charge is -2.07. The van der Waals surface area contributed by atoms with Gasteiger partial charge in [-0.1, -0.05) is 0 Å². The predicted molar refractivity (Wildman–Crippen MR) is 64.8 cm³/mol. The number of hydrogen-bond acceptors (Lipinski definition) is 6. The van der Waals surface area contributed by atoms with E-state index in [9.17, 15) is 14.9 Å². The molecular formula is C11H14N2O5. The average Bonchev–Trinajstić information content (AvgIpc) is 2.37. The van der Waals surface area contributed by atoms with Gasteiger partial charge in [-0.3, -0.25) is 14.9 Å². The second-order valence-electron chi connectivity index (χ2n) is 3.40. The fraction of sp³-hybridized carbons (Fsp3) is 0.364. The fourth-order valence-electron chi connectivity index (χ4n) is 1.35. The minimum Gasteiger partial charge on any atom is -0.490 e. The van der Waals surface area contributed by atoms with Gasteiger partial charge < -0.3 is 14.8 Å². The van der Waals surface area contributed by atoms with Crippen molar-refractivity contribution in [1.29, 1.82) is 0 Å². The lowest BCUT2D eigenvalue weighted by Crippen LogP contribution is -2.09. The molecule has 0 spiro atoms. The Balaban J connectivity index is 2.68. The summed E-state index contributed by atoms with van der Waals surface area (Å²) in [6.45, 7) is 0.383. The van der Waals surface area contributed by atoms with Gasteiger partial charge in [-0.05, 0) is 6.07 Å². The Morgan fingerprint density at radius 1 is 1.44 bits per heavy atom. The summed E-state index contributed by atoms with van der Waals surface area (Å²) < 4.78 is 9.41. The van der Waals surface area contributed by atoms with Gasteiger partial charge in [0, 0.05) is 24.4 Å². The van der Waals surface area contributed by atoms with E-state index in [1.807, 2.05) is 0 Å². The molecule has 0 heterocycles. The van der Waals surface area contributed by atoms with Gasteiger partial charge >= 0.3 is 11.7 Å². The molecule has 0 radical (unpaired) electrons. The molecule has 0 atom stereocenters. The van der Waals surface area contributed by atoms with Crippen LogP contribution in [0, 0.1) is 10.1 Å². The van der Waals surface area contributed by atoms with Gasteiger partial charge in [-0.25, -0.2) is 0 Å². The number of benzene rings is 1. The van der Waals surface area contributed by atoms with Crippen LogP contribution in [0.15, 0.2) is 18.2 Å². The Morgan fingerprint density at radius 3 is 2.72 bits per heavy atom. The van der Waals surface area contributed by atoms with Crippen LogP contribution in [0.2, 0.25) is 0 Å². The van der Waals surface area contributed by atoms with E-state index in [1.54, 1.807) is 6.07 Å². The van der Waals surface area contributed by atoms with Gasteiger partial charge in [-0.2, -0.15) is 0 Å². The highest BCUT2D eigenvalue weighted by molar-refractivity contribution is 5.70. The minimum atomic E-state index is -0.517. The van der Waals surface area contributed by atoms with Crippen LogP contribution in [0.5, 0.6) is 5.75 Å². The van der Waals surface area contributed by atoms with Crippen molar-refractivity contribution in [3.05, 3.63) is 28.3 Å². The Labute approximate surface area is 104 Å². The Morgan fingerprint density at radius 2 is 2.17 bits per heavy atom. The van der Waals surface area contributed by atoms with Gasteiger partial charge in [0.1, 0.15) is 0 Å². The normalized spacial score (nSPS) is 9.67. The molecule has 18 heavy (non-hydrogen) atoms. The number of rotatable bonds is 6. The van der Waals surface area contributed by atoms with Crippen LogP contribution in [0.3, 0.4) is 0 Å². The summed E-state index contributed by atoms with van der Waals surface area (Å²) >= 11 is 0. The zero-order valence-corrected chi connectivity index (χ0v) is 10.1. The van der Waals surface area contributed by atoms with Crippen LogP contribution < -0.4 is 10.1 Å². The monoisotopic (exact) mass is 254 g/mol. The average molecular weight is 254 g/mol. The third-order valence-corrected chi connectivity index (χ3v) is 2.26. The topological polar surface area (TPSA) is 90.7 Å². The van der Waals surface area contributed by atoms with Gasteiger partial charge in [0.05, 0.1) is 25.6 Å². The lowest BCUT2D eigenvalue weighted by atomic mass is 10.2. The first-order valence-electron chi connectivity index (χ1n) is 5.21. The summed E-state index contributed by atoms with van der Waals surface area (Å²) in [6.07, 6.45) is 0.218. The zero-order chi connectivity index (χ0) is 13.5. The van der Waals surface area contributed by atoms with Crippen LogP contribution in [0.1, 0.15) is 6.42 Å². The molecule has 1 N–H and O–H groups in total. The number of ether oxygens (including phenoxy) is 2. The maximum absolute atomic E-state index is 10.9. The molecule has 0 unspecified atom stereocenters. The molecule has 0 bridgehead atoms. The molecule has 1 aromatic rings. The summed E-state index contributed by atoms with van der Waals surface area (Å²) in [5.74, 6) is -0.153. The first-order valence-corrected chi connectivity index (χ1v) is 5.21. The van der Waals surface area contributed by atoms with E-state index < -0.39 is 4.92 Å². The summed E-state index contributed by atoms with van der Waals surface area (Å²) in [5, 5.41) is 13.6. The Bertz CT molecular complexity index is 447. The van der Waals surface area contributed by atoms with E-state index >= 15 is 0 Å². The Kier molecular flexibility index (Phi) is 4.91. The number of nitrogens with one attached hydrogen (secondary N) is 1. The van der Waals surface area contributed by atoms with Crippen LogP contribution in [0.25, 0.3) is 0 Å². The first-order chi connectivity index (χ1) is 8.58. The van der Waals surface area contributed by atoms with Gasteiger partial charge in [-0.15, -0.1) is 0 Å². The smallest absolute Gasteiger partial charge is 0.311 e. The second kappa shape index (κ2) is 6.43. The minimum absolute atomic E-state index is 0.101. The highest BCUT2D eigenvalue weighted by atomic mass is 16.6. The first kappa shape index (κ1) is 13.8. The molecule has 0 saturated carbocycles. The molecule has 0 aliphatic heterocycles. The van der Waals surface area contributed by atoms with Crippen molar-refractivity contribution in [2.75, 3.05) is 26.1 Å². The van der Waals surface area contributed by atoms with E-state index in [-0.39, 0.29) is 23.8 Å². The molecule has 0 aliphatic carbocycles. The van der Waals surface area contributed by atoms with E-state index in [0.717, 1.165) is 0 Å².